The van der Waals surface area contributed by atoms with E-state index in [0.717, 1.165) is 10.2 Å². The second kappa shape index (κ2) is 6.75. The van der Waals surface area contributed by atoms with Crippen molar-refractivity contribution in [3.63, 3.8) is 0 Å². The number of hydrogen-bond acceptors (Lipinski definition) is 4. The summed E-state index contributed by atoms with van der Waals surface area (Å²) in [5.41, 5.74) is 3.73. The number of ether oxygens (including phenoxy) is 1. The lowest BCUT2D eigenvalue weighted by Crippen LogP contribution is -2.29. The molecule has 0 saturated heterocycles. The molecule has 23 heavy (non-hydrogen) atoms. The van der Waals surface area contributed by atoms with Crippen molar-refractivity contribution < 1.29 is 13.9 Å². The number of nitrogens with one attached hydrogen (secondary N) is 1. The molecule has 118 valence electrons. The van der Waals surface area contributed by atoms with E-state index in [-0.39, 0.29) is 5.91 Å². The highest BCUT2D eigenvalue weighted by atomic mass is 32.1. The van der Waals surface area contributed by atoms with Gasteiger partial charge in [-0.1, -0.05) is 12.1 Å². The molecule has 2 aromatic carbocycles. The lowest BCUT2D eigenvalue weighted by atomic mass is 10.1. The summed E-state index contributed by atoms with van der Waals surface area (Å²) in [6, 6.07) is 11.6. The van der Waals surface area contributed by atoms with Crippen molar-refractivity contribution in [3.8, 4) is 5.75 Å². The lowest BCUT2D eigenvalue weighted by molar-refractivity contribution is 0.0930. The number of thiazole rings is 1. The number of aromatic nitrogens is 1. The molecule has 3 rings (SSSR count). The fraction of sp³-hybridized carbons (Fsp3) is 0.176. The third kappa shape index (κ3) is 3.32. The summed E-state index contributed by atoms with van der Waals surface area (Å²) in [6.07, 6.45) is 0. The Labute approximate surface area is 136 Å². The minimum atomic E-state index is -0.713. The Balaban J connectivity index is 1.81. The van der Waals surface area contributed by atoms with E-state index in [9.17, 15) is 9.18 Å². The number of hydrogen-bond donors (Lipinski definition) is 1. The van der Waals surface area contributed by atoms with Crippen molar-refractivity contribution in [1.82, 2.24) is 10.3 Å². The number of nitrogens with zero attached hydrogens (tertiary/aromatic N) is 1. The highest BCUT2D eigenvalue weighted by Crippen LogP contribution is 2.22. The smallest absolute Gasteiger partial charge is 0.251 e. The van der Waals surface area contributed by atoms with Gasteiger partial charge in [-0.2, -0.15) is 0 Å². The predicted octanol–water partition coefficient (Wildman–Crippen LogP) is 3.75. The summed E-state index contributed by atoms with van der Waals surface area (Å²) >= 11 is 1.46. The van der Waals surface area contributed by atoms with E-state index in [1.54, 1.807) is 55.1 Å². The Morgan fingerprint density at radius 3 is 3.00 bits per heavy atom. The van der Waals surface area contributed by atoms with Crippen molar-refractivity contribution in [1.29, 1.82) is 0 Å². The lowest BCUT2D eigenvalue weighted by Gasteiger charge is -2.16. The molecule has 4 nitrogen and oxygen atoms in total. The third-order valence-corrected chi connectivity index (χ3v) is 4.34. The van der Waals surface area contributed by atoms with Gasteiger partial charge in [0.1, 0.15) is 12.4 Å². The molecule has 3 aromatic rings. The molecule has 0 fully saturated rings. The Morgan fingerprint density at radius 1 is 1.35 bits per heavy atom. The molecule has 1 N–H and O–H groups in total. The van der Waals surface area contributed by atoms with Crippen LogP contribution in [0.5, 0.6) is 5.75 Å². The summed E-state index contributed by atoms with van der Waals surface area (Å²) in [4.78, 5) is 16.6. The van der Waals surface area contributed by atoms with E-state index in [1.807, 2.05) is 0 Å². The molecule has 0 aliphatic carbocycles. The van der Waals surface area contributed by atoms with Gasteiger partial charge in [-0.3, -0.25) is 4.79 Å². The van der Waals surface area contributed by atoms with Crippen molar-refractivity contribution in [3.05, 3.63) is 59.1 Å². The maximum atomic E-state index is 13.4. The Bertz CT molecular complexity index is 834. The van der Waals surface area contributed by atoms with Crippen molar-refractivity contribution in [2.45, 2.75) is 6.04 Å². The molecule has 6 heteroatoms. The summed E-state index contributed by atoms with van der Waals surface area (Å²) < 4.78 is 19.5. The predicted molar refractivity (Wildman–Crippen MR) is 88.8 cm³/mol. The zero-order valence-electron chi connectivity index (χ0n) is 12.5. The van der Waals surface area contributed by atoms with Crippen LogP contribution in [0, 0.1) is 0 Å². The van der Waals surface area contributed by atoms with Crippen molar-refractivity contribution in [2.75, 3.05) is 13.8 Å². The van der Waals surface area contributed by atoms with Crippen LogP contribution in [0.1, 0.15) is 22.0 Å². The first-order valence-corrected chi connectivity index (χ1v) is 7.93. The van der Waals surface area contributed by atoms with Gasteiger partial charge >= 0.3 is 0 Å². The average Bonchev–Trinajstić information content (AvgIpc) is 3.07. The minimum Gasteiger partial charge on any atom is -0.497 e. The second-order valence-corrected chi connectivity index (χ2v) is 5.88. The Morgan fingerprint density at radius 2 is 2.22 bits per heavy atom. The van der Waals surface area contributed by atoms with Gasteiger partial charge in [0.15, 0.2) is 0 Å². The maximum Gasteiger partial charge on any atom is 0.251 e. The highest BCUT2D eigenvalue weighted by molar-refractivity contribution is 7.16. The van der Waals surface area contributed by atoms with Crippen LogP contribution in [0.25, 0.3) is 10.2 Å². The molecular weight excluding hydrogens is 315 g/mol. The first kappa shape index (κ1) is 15.4. The van der Waals surface area contributed by atoms with E-state index in [0.29, 0.717) is 16.9 Å². The van der Waals surface area contributed by atoms with Gasteiger partial charge < -0.3 is 10.1 Å². The number of methoxy groups -OCH3 is 1. The molecule has 0 aliphatic rings. The van der Waals surface area contributed by atoms with Gasteiger partial charge in [0.05, 0.1) is 28.9 Å². The number of carbonyl (C=O) groups excluding carboxylic acids is 1. The topological polar surface area (TPSA) is 51.2 Å². The zero-order chi connectivity index (χ0) is 16.2. The molecule has 0 spiro atoms. The van der Waals surface area contributed by atoms with E-state index in [4.69, 9.17) is 4.74 Å². The van der Waals surface area contributed by atoms with E-state index >= 15 is 0 Å². The second-order valence-electron chi connectivity index (χ2n) is 4.99. The maximum absolute atomic E-state index is 13.4. The van der Waals surface area contributed by atoms with Gasteiger partial charge in [-0.05, 0) is 35.9 Å². The van der Waals surface area contributed by atoms with Crippen molar-refractivity contribution >= 4 is 27.5 Å². The summed E-state index contributed by atoms with van der Waals surface area (Å²) in [5.74, 6) is 0.312. The van der Waals surface area contributed by atoms with Crippen LogP contribution < -0.4 is 10.1 Å². The zero-order valence-corrected chi connectivity index (χ0v) is 13.3. The number of alkyl halides is 1. The first-order valence-electron chi connectivity index (χ1n) is 7.05. The van der Waals surface area contributed by atoms with Crippen LogP contribution in [-0.4, -0.2) is 24.7 Å². The molecule has 1 atom stereocenters. The highest BCUT2D eigenvalue weighted by Gasteiger charge is 2.16. The molecule has 1 amide bonds. The molecule has 1 heterocycles. The van der Waals surface area contributed by atoms with Gasteiger partial charge in [0.25, 0.3) is 5.91 Å². The number of fused-ring (bicyclic) bond motifs is 1. The Hall–Kier alpha value is -2.47. The number of benzene rings is 2. The Kier molecular flexibility index (Phi) is 4.52. The molecule has 1 aromatic heterocycles. The molecule has 0 saturated carbocycles. The normalized spacial score (nSPS) is 12.1. The summed E-state index contributed by atoms with van der Waals surface area (Å²) in [7, 11) is 1.55. The van der Waals surface area contributed by atoms with Gasteiger partial charge in [-0.25, -0.2) is 9.37 Å². The van der Waals surface area contributed by atoms with Crippen molar-refractivity contribution in [2.24, 2.45) is 0 Å². The van der Waals surface area contributed by atoms with Gasteiger partial charge in [-0.15, -0.1) is 11.3 Å². The fourth-order valence-corrected chi connectivity index (χ4v) is 3.02. The fourth-order valence-electron chi connectivity index (χ4n) is 2.31. The molecule has 0 bridgehead atoms. The summed E-state index contributed by atoms with van der Waals surface area (Å²) in [5, 5.41) is 2.72. The van der Waals surface area contributed by atoms with Gasteiger partial charge in [0.2, 0.25) is 0 Å². The minimum absolute atomic E-state index is 0.314. The largest absolute Gasteiger partial charge is 0.497 e. The van der Waals surface area contributed by atoms with E-state index < -0.39 is 12.7 Å². The van der Waals surface area contributed by atoms with Crippen LogP contribution >= 0.6 is 11.3 Å². The van der Waals surface area contributed by atoms with Gasteiger partial charge in [0, 0.05) is 5.56 Å². The van der Waals surface area contributed by atoms with Crippen LogP contribution in [0.4, 0.5) is 4.39 Å². The standard InChI is InChI=1S/C17H15FN2O2S/c1-22-13-4-2-3-11(7-13)15(9-18)20-17(21)12-5-6-14-16(8-12)23-10-19-14/h2-8,10,15H,9H2,1H3,(H,20,21). The number of rotatable bonds is 5. The molecule has 1 unspecified atom stereocenters. The molecular formula is C17H15FN2O2S. The SMILES string of the molecule is COc1cccc(C(CF)NC(=O)c2ccc3ncsc3c2)c1. The van der Waals surface area contributed by atoms with E-state index in [1.165, 1.54) is 11.3 Å². The number of halogens is 1. The monoisotopic (exact) mass is 330 g/mol. The first-order chi connectivity index (χ1) is 11.2. The quantitative estimate of drug-likeness (QED) is 0.775. The average molecular weight is 330 g/mol. The van der Waals surface area contributed by atoms with Crippen LogP contribution in [0.15, 0.2) is 48.0 Å². The molecule has 0 aliphatic heterocycles. The van der Waals surface area contributed by atoms with Crippen LogP contribution in [0.3, 0.4) is 0 Å². The number of amides is 1. The van der Waals surface area contributed by atoms with E-state index in [2.05, 4.69) is 10.3 Å². The van der Waals surface area contributed by atoms with Crippen LogP contribution in [-0.2, 0) is 0 Å². The number of carbonyl (C=O) groups is 1. The third-order valence-electron chi connectivity index (χ3n) is 3.55. The molecule has 0 radical (unpaired) electrons. The summed E-state index contributed by atoms with van der Waals surface area (Å²) in [6.45, 7) is -0.693. The van der Waals surface area contributed by atoms with Crippen LogP contribution in [0.2, 0.25) is 0 Å².